The molecule has 0 spiro atoms. The average Bonchev–Trinajstić information content (AvgIpc) is 3.34. The molecule has 33 heavy (non-hydrogen) atoms. The number of halogens is 2. The average molecular weight is 517 g/mol. The number of anilines is 2. The van der Waals surface area contributed by atoms with Crippen molar-refractivity contribution in [2.75, 3.05) is 24.7 Å². The second kappa shape index (κ2) is 8.08. The fraction of sp³-hybridized carbons (Fsp3) is 0.318. The molecule has 0 radical (unpaired) electrons. The zero-order valence-electron chi connectivity index (χ0n) is 17.4. The maximum atomic E-state index is 14.4. The smallest absolute Gasteiger partial charge is 0.145 e. The lowest BCUT2D eigenvalue weighted by Crippen LogP contribution is -2.42. The summed E-state index contributed by atoms with van der Waals surface area (Å²) in [4.78, 5) is 12.5. The van der Waals surface area contributed by atoms with Crippen LogP contribution in [0.15, 0.2) is 47.3 Å². The zero-order valence-corrected chi connectivity index (χ0v) is 19.0. The van der Waals surface area contributed by atoms with Gasteiger partial charge in [0.1, 0.15) is 42.1 Å². The fourth-order valence-corrected chi connectivity index (χ4v) is 4.86. The van der Waals surface area contributed by atoms with Crippen LogP contribution in [0.3, 0.4) is 0 Å². The topological polar surface area (TPSA) is 145 Å². The minimum absolute atomic E-state index is 0.133. The van der Waals surface area contributed by atoms with Crippen molar-refractivity contribution in [2.45, 2.75) is 24.7 Å². The first-order valence-corrected chi connectivity index (χ1v) is 11.1. The summed E-state index contributed by atoms with van der Waals surface area (Å²) >= 11 is 3.35. The van der Waals surface area contributed by atoms with E-state index in [-0.39, 0.29) is 13.0 Å². The molecule has 4 atom stereocenters. The summed E-state index contributed by atoms with van der Waals surface area (Å²) in [6.07, 6.45) is 0.631. The van der Waals surface area contributed by atoms with Gasteiger partial charge in [0.25, 0.3) is 0 Å². The molecule has 11 heteroatoms. The second-order valence-electron chi connectivity index (χ2n) is 8.42. The SMILES string of the molecule is Nc1nc2cc(OC[C@]3(CF)C[C@@H](n4ccc5c(N)ncnc54)[C@H](O)[C@@H]3O)ccc2cc1Br. The Hall–Kier alpha value is -3.02. The molecule has 3 aromatic heterocycles. The lowest BCUT2D eigenvalue weighted by molar-refractivity contribution is -0.0533. The Labute approximate surface area is 196 Å². The second-order valence-corrected chi connectivity index (χ2v) is 9.28. The first-order chi connectivity index (χ1) is 15.8. The van der Waals surface area contributed by atoms with E-state index in [4.69, 9.17) is 16.2 Å². The third-order valence-corrected chi connectivity index (χ3v) is 7.06. The highest BCUT2D eigenvalue weighted by atomic mass is 79.9. The Morgan fingerprint density at radius 3 is 2.79 bits per heavy atom. The Morgan fingerprint density at radius 2 is 2.00 bits per heavy atom. The Kier molecular flexibility index (Phi) is 5.34. The van der Waals surface area contributed by atoms with Crippen LogP contribution in [-0.4, -0.2) is 55.2 Å². The van der Waals surface area contributed by atoms with Crippen LogP contribution in [0.4, 0.5) is 16.0 Å². The monoisotopic (exact) mass is 516 g/mol. The van der Waals surface area contributed by atoms with E-state index >= 15 is 0 Å². The number of aliphatic hydroxyl groups excluding tert-OH is 2. The first kappa shape index (κ1) is 21.8. The van der Waals surface area contributed by atoms with E-state index in [0.717, 1.165) is 5.39 Å². The highest BCUT2D eigenvalue weighted by molar-refractivity contribution is 9.10. The molecule has 4 aromatic rings. The van der Waals surface area contributed by atoms with Crippen LogP contribution in [0.25, 0.3) is 21.9 Å². The van der Waals surface area contributed by atoms with Gasteiger partial charge in [-0.05, 0) is 46.6 Å². The van der Waals surface area contributed by atoms with Gasteiger partial charge in [0.15, 0.2) is 0 Å². The van der Waals surface area contributed by atoms with E-state index in [1.807, 2.05) is 12.1 Å². The molecule has 172 valence electrons. The molecule has 0 bridgehead atoms. The van der Waals surface area contributed by atoms with E-state index in [9.17, 15) is 14.6 Å². The largest absolute Gasteiger partial charge is 0.493 e. The maximum absolute atomic E-state index is 14.4. The molecule has 0 unspecified atom stereocenters. The number of aliphatic hydroxyl groups is 2. The molecule has 6 N–H and O–H groups in total. The molecule has 1 aliphatic rings. The van der Waals surface area contributed by atoms with Crippen molar-refractivity contribution in [1.29, 1.82) is 0 Å². The summed E-state index contributed by atoms with van der Waals surface area (Å²) < 4.78 is 22.7. The molecule has 3 heterocycles. The van der Waals surface area contributed by atoms with Gasteiger partial charge in [-0.25, -0.2) is 15.0 Å². The summed E-state index contributed by atoms with van der Waals surface area (Å²) in [6.45, 7) is -1.00. The van der Waals surface area contributed by atoms with Crippen LogP contribution in [0.1, 0.15) is 12.5 Å². The molecule has 1 saturated carbocycles. The zero-order chi connectivity index (χ0) is 23.3. The van der Waals surface area contributed by atoms with Gasteiger partial charge in [-0.15, -0.1) is 0 Å². The van der Waals surface area contributed by atoms with Crippen molar-refractivity contribution in [3.63, 3.8) is 0 Å². The van der Waals surface area contributed by atoms with Gasteiger partial charge in [-0.2, -0.15) is 0 Å². The lowest BCUT2D eigenvalue weighted by atomic mass is 9.86. The highest BCUT2D eigenvalue weighted by Crippen LogP contribution is 2.46. The number of nitrogens with two attached hydrogens (primary N) is 2. The number of nitrogen functional groups attached to an aromatic ring is 2. The summed E-state index contributed by atoms with van der Waals surface area (Å²) in [6, 6.07) is 8.25. The minimum Gasteiger partial charge on any atom is -0.493 e. The molecule has 1 aromatic carbocycles. The number of pyridine rings is 1. The van der Waals surface area contributed by atoms with Crippen LogP contribution < -0.4 is 16.2 Å². The molecule has 1 fully saturated rings. The number of fused-ring (bicyclic) bond motifs is 2. The van der Waals surface area contributed by atoms with E-state index in [2.05, 4.69) is 30.9 Å². The minimum atomic E-state index is -1.34. The van der Waals surface area contributed by atoms with Crippen molar-refractivity contribution in [1.82, 2.24) is 19.5 Å². The molecule has 9 nitrogen and oxygen atoms in total. The van der Waals surface area contributed by atoms with Gasteiger partial charge in [0, 0.05) is 17.6 Å². The molecule has 0 saturated heterocycles. The van der Waals surface area contributed by atoms with Crippen LogP contribution in [-0.2, 0) is 0 Å². The van der Waals surface area contributed by atoms with Crippen molar-refractivity contribution in [3.05, 3.63) is 47.3 Å². The molecular weight excluding hydrogens is 495 g/mol. The number of benzene rings is 1. The van der Waals surface area contributed by atoms with Crippen LogP contribution in [0.2, 0.25) is 0 Å². The van der Waals surface area contributed by atoms with Crippen molar-refractivity contribution in [3.8, 4) is 5.75 Å². The summed E-state index contributed by atoms with van der Waals surface area (Å²) in [7, 11) is 0. The predicted molar refractivity (Wildman–Crippen MR) is 125 cm³/mol. The van der Waals surface area contributed by atoms with E-state index in [0.29, 0.717) is 38.4 Å². The normalized spacial score (nSPS) is 25.2. The standard InChI is InChI=1S/C22H22BrFN6O3/c23-14-5-11-1-2-12(6-15(11)29-20(14)26)33-9-22(8-24)7-16(17(31)18(22)32)30-4-3-13-19(25)27-10-28-21(13)30/h1-6,10,16-18,31-32H,7-9H2,(H2,26,29)(H2,25,27,28)/t16-,17+,18+,22-/m1/s1. The van der Waals surface area contributed by atoms with Crippen molar-refractivity contribution in [2.24, 2.45) is 5.41 Å². The van der Waals surface area contributed by atoms with Gasteiger partial charge < -0.3 is 31.0 Å². The van der Waals surface area contributed by atoms with Crippen molar-refractivity contribution >= 4 is 49.5 Å². The Balaban J connectivity index is 1.41. The maximum Gasteiger partial charge on any atom is 0.145 e. The number of alkyl halides is 1. The third kappa shape index (κ3) is 3.56. The summed E-state index contributed by atoms with van der Waals surface area (Å²) in [5.74, 6) is 1.12. The quantitative estimate of drug-likeness (QED) is 0.316. The van der Waals surface area contributed by atoms with Gasteiger partial charge >= 0.3 is 0 Å². The first-order valence-electron chi connectivity index (χ1n) is 10.3. The number of nitrogens with zero attached hydrogens (tertiary/aromatic N) is 4. The number of ether oxygens (including phenoxy) is 1. The third-order valence-electron chi connectivity index (χ3n) is 6.42. The van der Waals surface area contributed by atoms with Gasteiger partial charge in [-0.3, -0.25) is 4.39 Å². The number of rotatable bonds is 5. The van der Waals surface area contributed by atoms with Crippen LogP contribution >= 0.6 is 15.9 Å². The van der Waals surface area contributed by atoms with Crippen LogP contribution in [0.5, 0.6) is 5.75 Å². The Morgan fingerprint density at radius 1 is 1.18 bits per heavy atom. The van der Waals surface area contributed by atoms with E-state index in [1.165, 1.54) is 6.33 Å². The highest BCUT2D eigenvalue weighted by Gasteiger charge is 2.54. The van der Waals surface area contributed by atoms with Crippen molar-refractivity contribution < 1.29 is 19.3 Å². The summed E-state index contributed by atoms with van der Waals surface area (Å²) in [5.41, 5.74) is 11.6. The van der Waals surface area contributed by atoms with E-state index in [1.54, 1.807) is 29.0 Å². The fourth-order valence-electron chi connectivity index (χ4n) is 4.52. The summed E-state index contributed by atoms with van der Waals surface area (Å²) in [5, 5.41) is 23.2. The number of aromatic nitrogens is 4. The van der Waals surface area contributed by atoms with Gasteiger partial charge in [-0.1, -0.05) is 0 Å². The lowest BCUT2D eigenvalue weighted by Gasteiger charge is -2.29. The number of hydrogen-bond donors (Lipinski definition) is 4. The molecule has 0 aliphatic heterocycles. The van der Waals surface area contributed by atoms with Crippen LogP contribution in [0, 0.1) is 5.41 Å². The Bertz CT molecular complexity index is 1350. The molecule has 5 rings (SSSR count). The van der Waals surface area contributed by atoms with E-state index < -0.39 is 30.3 Å². The van der Waals surface area contributed by atoms with Gasteiger partial charge in [0.2, 0.25) is 0 Å². The molecule has 0 amide bonds. The molecule has 1 aliphatic carbocycles. The predicted octanol–water partition coefficient (Wildman–Crippen LogP) is 2.61. The molecular formula is C22H22BrFN6O3. The van der Waals surface area contributed by atoms with Gasteiger partial charge in [0.05, 0.1) is 39.5 Å². The number of hydrogen-bond acceptors (Lipinski definition) is 8.